The van der Waals surface area contributed by atoms with Gasteiger partial charge in [0.1, 0.15) is 6.04 Å². The van der Waals surface area contributed by atoms with E-state index >= 15 is 0 Å². The van der Waals surface area contributed by atoms with Gasteiger partial charge in [0, 0.05) is 11.9 Å². The van der Waals surface area contributed by atoms with Gasteiger partial charge in [-0.05, 0) is 37.6 Å². The van der Waals surface area contributed by atoms with Crippen LogP contribution in [-0.4, -0.2) is 23.1 Å². The van der Waals surface area contributed by atoms with Gasteiger partial charge in [-0.25, -0.2) is 5.43 Å². The average molecular weight is 282 g/mol. The molecule has 2 N–H and O–H groups in total. The highest BCUT2D eigenvalue weighted by atomic mass is 16.2. The molecule has 0 spiro atoms. The quantitative estimate of drug-likeness (QED) is 0.653. The molecule has 0 saturated heterocycles. The van der Waals surface area contributed by atoms with Gasteiger partial charge in [0.25, 0.3) is 5.91 Å². The van der Waals surface area contributed by atoms with Crippen molar-refractivity contribution in [2.75, 3.05) is 5.32 Å². The van der Waals surface area contributed by atoms with E-state index in [4.69, 9.17) is 0 Å². The van der Waals surface area contributed by atoms with Gasteiger partial charge in [-0.1, -0.05) is 24.3 Å². The monoisotopic (exact) mass is 282 g/mol. The molecule has 5 heteroatoms. The number of benzene rings is 1. The summed E-state index contributed by atoms with van der Waals surface area (Å²) in [6, 6.07) is 12.9. The van der Waals surface area contributed by atoms with Crippen molar-refractivity contribution in [3.8, 4) is 0 Å². The number of rotatable bonds is 5. The zero-order chi connectivity index (χ0) is 15.1. The number of aryl methyl sites for hydroxylation is 1. The van der Waals surface area contributed by atoms with Crippen LogP contribution in [0.3, 0.4) is 0 Å². The predicted octanol–water partition coefficient (Wildman–Crippen LogP) is 2.34. The van der Waals surface area contributed by atoms with Gasteiger partial charge >= 0.3 is 0 Å². The SMILES string of the molecule is Cc1ccccc1N[C@@H](C)C(=O)N/N=C\c1ccccn1. The van der Waals surface area contributed by atoms with Crippen molar-refractivity contribution in [1.82, 2.24) is 10.4 Å². The number of hydrazone groups is 1. The van der Waals surface area contributed by atoms with Gasteiger partial charge in [0.05, 0.1) is 11.9 Å². The van der Waals surface area contributed by atoms with Crippen LogP contribution in [0.25, 0.3) is 0 Å². The largest absolute Gasteiger partial charge is 0.374 e. The van der Waals surface area contributed by atoms with Crippen LogP contribution in [-0.2, 0) is 4.79 Å². The number of pyridine rings is 1. The molecule has 0 aliphatic carbocycles. The van der Waals surface area contributed by atoms with E-state index in [0.717, 1.165) is 11.3 Å². The van der Waals surface area contributed by atoms with Crippen LogP contribution < -0.4 is 10.7 Å². The lowest BCUT2D eigenvalue weighted by Gasteiger charge is -2.15. The summed E-state index contributed by atoms with van der Waals surface area (Å²) >= 11 is 0. The smallest absolute Gasteiger partial charge is 0.262 e. The van der Waals surface area contributed by atoms with E-state index in [-0.39, 0.29) is 11.9 Å². The Balaban J connectivity index is 1.88. The fourth-order valence-corrected chi connectivity index (χ4v) is 1.74. The van der Waals surface area contributed by atoms with Crippen LogP contribution in [0.1, 0.15) is 18.2 Å². The molecule has 0 aliphatic heterocycles. The molecule has 2 aromatic rings. The molecule has 21 heavy (non-hydrogen) atoms. The third-order valence-electron chi connectivity index (χ3n) is 2.97. The first-order valence-corrected chi connectivity index (χ1v) is 6.73. The van der Waals surface area contributed by atoms with Gasteiger partial charge in [0.15, 0.2) is 0 Å². The van der Waals surface area contributed by atoms with Crippen LogP contribution in [0.15, 0.2) is 53.8 Å². The number of para-hydroxylation sites is 1. The van der Waals surface area contributed by atoms with Gasteiger partial charge in [0.2, 0.25) is 0 Å². The lowest BCUT2D eigenvalue weighted by Crippen LogP contribution is -2.35. The highest BCUT2D eigenvalue weighted by Crippen LogP contribution is 2.14. The van der Waals surface area contributed by atoms with E-state index in [1.165, 1.54) is 6.21 Å². The van der Waals surface area contributed by atoms with Gasteiger partial charge in [-0.15, -0.1) is 0 Å². The van der Waals surface area contributed by atoms with Crippen molar-refractivity contribution in [3.63, 3.8) is 0 Å². The Bertz CT molecular complexity index is 625. The van der Waals surface area contributed by atoms with Crippen LogP contribution in [0.5, 0.6) is 0 Å². The van der Waals surface area contributed by atoms with E-state index in [1.54, 1.807) is 13.1 Å². The third-order valence-corrected chi connectivity index (χ3v) is 2.97. The first-order valence-electron chi connectivity index (χ1n) is 6.73. The number of hydrogen-bond donors (Lipinski definition) is 2. The number of aromatic nitrogens is 1. The van der Waals surface area contributed by atoms with Gasteiger partial charge in [-0.2, -0.15) is 5.10 Å². The normalized spacial score (nSPS) is 12.1. The summed E-state index contributed by atoms with van der Waals surface area (Å²) in [5, 5.41) is 7.06. The summed E-state index contributed by atoms with van der Waals surface area (Å²) in [7, 11) is 0. The Kier molecular flexibility index (Phi) is 5.04. The predicted molar refractivity (Wildman–Crippen MR) is 84.2 cm³/mol. The molecule has 2 rings (SSSR count). The van der Waals surface area contributed by atoms with Crippen molar-refractivity contribution in [1.29, 1.82) is 0 Å². The Morgan fingerprint density at radius 3 is 2.71 bits per heavy atom. The molecule has 0 unspecified atom stereocenters. The topological polar surface area (TPSA) is 66.4 Å². The second-order valence-corrected chi connectivity index (χ2v) is 4.67. The molecule has 5 nitrogen and oxygen atoms in total. The highest BCUT2D eigenvalue weighted by molar-refractivity contribution is 5.86. The molecule has 0 radical (unpaired) electrons. The fraction of sp³-hybridized carbons (Fsp3) is 0.188. The second kappa shape index (κ2) is 7.19. The van der Waals surface area contributed by atoms with Crippen LogP contribution in [0.2, 0.25) is 0 Å². The van der Waals surface area contributed by atoms with Crippen molar-refractivity contribution >= 4 is 17.8 Å². The van der Waals surface area contributed by atoms with Crippen molar-refractivity contribution in [2.24, 2.45) is 5.10 Å². The van der Waals surface area contributed by atoms with Crippen molar-refractivity contribution < 1.29 is 4.79 Å². The second-order valence-electron chi connectivity index (χ2n) is 4.67. The summed E-state index contributed by atoms with van der Waals surface area (Å²) in [6.45, 7) is 3.78. The summed E-state index contributed by atoms with van der Waals surface area (Å²) in [6.07, 6.45) is 3.18. The molecule has 1 aromatic heterocycles. The highest BCUT2D eigenvalue weighted by Gasteiger charge is 2.12. The Hall–Kier alpha value is -2.69. The molecule has 1 atom stereocenters. The summed E-state index contributed by atoms with van der Waals surface area (Å²) in [4.78, 5) is 16.0. The van der Waals surface area contributed by atoms with E-state index in [1.807, 2.05) is 49.4 Å². The maximum Gasteiger partial charge on any atom is 0.262 e. The Labute approximate surface area is 124 Å². The first-order chi connectivity index (χ1) is 10.2. The van der Waals surface area contributed by atoms with E-state index < -0.39 is 0 Å². The summed E-state index contributed by atoms with van der Waals surface area (Å²) in [5.74, 6) is -0.203. The van der Waals surface area contributed by atoms with Gasteiger partial charge < -0.3 is 5.32 Å². The van der Waals surface area contributed by atoms with Crippen molar-refractivity contribution in [3.05, 3.63) is 59.9 Å². The number of carbonyl (C=O) groups is 1. The molecule has 1 amide bonds. The fourth-order valence-electron chi connectivity index (χ4n) is 1.74. The third kappa shape index (κ3) is 4.42. The molecular weight excluding hydrogens is 264 g/mol. The Morgan fingerprint density at radius 2 is 2.00 bits per heavy atom. The standard InChI is InChI=1S/C16H18N4O/c1-12-7-3-4-9-15(12)19-13(2)16(21)20-18-11-14-8-5-6-10-17-14/h3-11,13,19H,1-2H3,(H,20,21)/b18-11-/t13-/m0/s1. The average Bonchev–Trinajstić information content (AvgIpc) is 2.50. The molecule has 108 valence electrons. The maximum atomic E-state index is 11.9. The number of amides is 1. The lowest BCUT2D eigenvalue weighted by molar-refractivity contribution is -0.121. The molecule has 0 aliphatic rings. The van der Waals surface area contributed by atoms with E-state index in [2.05, 4.69) is 20.8 Å². The van der Waals surface area contributed by atoms with Crippen LogP contribution in [0, 0.1) is 6.92 Å². The summed E-state index contributed by atoms with van der Waals surface area (Å²) < 4.78 is 0. The zero-order valence-electron chi connectivity index (χ0n) is 12.1. The molecule has 1 heterocycles. The molecule has 0 bridgehead atoms. The first kappa shape index (κ1) is 14.7. The number of nitrogens with zero attached hydrogens (tertiary/aromatic N) is 2. The zero-order valence-corrected chi connectivity index (χ0v) is 12.1. The van der Waals surface area contributed by atoms with Crippen LogP contribution >= 0.6 is 0 Å². The van der Waals surface area contributed by atoms with Crippen molar-refractivity contribution in [2.45, 2.75) is 19.9 Å². The Morgan fingerprint density at radius 1 is 1.24 bits per heavy atom. The van der Waals surface area contributed by atoms with Crippen LogP contribution in [0.4, 0.5) is 5.69 Å². The molecule has 0 saturated carbocycles. The molecular formula is C16H18N4O. The number of nitrogens with one attached hydrogen (secondary N) is 2. The minimum atomic E-state index is -0.382. The maximum absolute atomic E-state index is 11.9. The number of carbonyl (C=O) groups excluding carboxylic acids is 1. The van der Waals surface area contributed by atoms with E-state index in [0.29, 0.717) is 5.69 Å². The number of hydrogen-bond acceptors (Lipinski definition) is 4. The molecule has 1 aromatic carbocycles. The van der Waals surface area contributed by atoms with Gasteiger partial charge in [-0.3, -0.25) is 9.78 Å². The number of anilines is 1. The summed E-state index contributed by atoms with van der Waals surface area (Å²) in [5.41, 5.74) is 5.22. The molecule has 0 fully saturated rings. The lowest BCUT2D eigenvalue weighted by atomic mass is 10.2. The van der Waals surface area contributed by atoms with E-state index in [9.17, 15) is 4.79 Å². The minimum Gasteiger partial charge on any atom is -0.374 e. The minimum absolute atomic E-state index is 0.203.